The minimum absolute atomic E-state index is 0.0323. The van der Waals surface area contributed by atoms with E-state index in [4.69, 9.17) is 10.8 Å². The smallest absolute Gasteiger partial charge is 0.276 e. The average molecular weight is 327 g/mol. The summed E-state index contributed by atoms with van der Waals surface area (Å²) in [5.74, 6) is 0.749. The van der Waals surface area contributed by atoms with E-state index in [1.807, 2.05) is 6.26 Å². The fourth-order valence-corrected chi connectivity index (χ4v) is 3.09. The second-order valence-corrected chi connectivity index (χ2v) is 5.95. The van der Waals surface area contributed by atoms with Gasteiger partial charge in [-0.15, -0.1) is 0 Å². The van der Waals surface area contributed by atoms with Crippen LogP contribution >= 0.6 is 11.8 Å². The number of aliphatic hydroxyl groups is 2. The van der Waals surface area contributed by atoms with Gasteiger partial charge in [-0.2, -0.15) is 11.8 Å². The Morgan fingerprint density at radius 2 is 2.32 bits per heavy atom. The van der Waals surface area contributed by atoms with Gasteiger partial charge in [0.15, 0.2) is 0 Å². The molecule has 7 N–H and O–H groups in total. The Kier molecular flexibility index (Phi) is 5.83. The van der Waals surface area contributed by atoms with Gasteiger partial charge in [-0.1, -0.05) is 0 Å². The highest BCUT2D eigenvalue weighted by Crippen LogP contribution is 2.16. The van der Waals surface area contributed by atoms with Crippen molar-refractivity contribution in [2.75, 3.05) is 24.3 Å². The number of nitrogens with two attached hydrogens (primary N) is 1. The Morgan fingerprint density at radius 1 is 1.55 bits per heavy atom. The quantitative estimate of drug-likeness (QED) is 0.363. The number of nitrogens with one attached hydrogen (secondary N) is 3. The van der Waals surface area contributed by atoms with Crippen LogP contribution in [0.5, 0.6) is 0 Å². The molecule has 8 nitrogen and oxygen atoms in total. The van der Waals surface area contributed by atoms with Gasteiger partial charge in [0.2, 0.25) is 5.95 Å². The number of anilines is 1. The van der Waals surface area contributed by atoms with Gasteiger partial charge in [0.25, 0.3) is 5.56 Å². The zero-order valence-electron chi connectivity index (χ0n) is 12.3. The molecule has 0 aliphatic heterocycles. The number of hydrogen-bond donors (Lipinski definition) is 6. The van der Waals surface area contributed by atoms with E-state index >= 15 is 0 Å². The molecule has 2 aromatic heterocycles. The lowest BCUT2D eigenvalue weighted by Gasteiger charge is -2.22. The highest BCUT2D eigenvalue weighted by Gasteiger charge is 2.18. The number of H-pyrrole nitrogens is 2. The lowest BCUT2D eigenvalue weighted by atomic mass is 10.1. The van der Waals surface area contributed by atoms with E-state index in [2.05, 4.69) is 20.3 Å². The van der Waals surface area contributed by atoms with Gasteiger partial charge in [0, 0.05) is 30.8 Å². The van der Waals surface area contributed by atoms with Crippen LogP contribution < -0.4 is 16.6 Å². The Morgan fingerprint density at radius 3 is 3.00 bits per heavy atom. The second kappa shape index (κ2) is 7.63. The van der Waals surface area contributed by atoms with Crippen LogP contribution in [-0.4, -0.2) is 50.0 Å². The molecule has 0 aliphatic carbocycles. The Hall–Kier alpha value is -1.55. The van der Waals surface area contributed by atoms with Crippen LogP contribution in [0, 0.1) is 5.92 Å². The maximum absolute atomic E-state index is 11.7. The molecule has 0 aromatic carbocycles. The molecule has 2 heterocycles. The molecule has 0 saturated heterocycles. The van der Waals surface area contributed by atoms with Crippen molar-refractivity contribution >= 4 is 28.7 Å². The molecule has 0 amide bonds. The van der Waals surface area contributed by atoms with Crippen LogP contribution in [0.4, 0.5) is 5.95 Å². The summed E-state index contributed by atoms with van der Waals surface area (Å²) in [4.78, 5) is 21.1. The maximum atomic E-state index is 11.7. The van der Waals surface area contributed by atoms with Gasteiger partial charge < -0.3 is 20.9 Å². The molecule has 122 valence electrons. The number of nitrogen functional groups attached to an aromatic ring is 1. The highest BCUT2D eigenvalue weighted by atomic mass is 32.2. The number of hydrogen-bond acceptors (Lipinski definition) is 7. The molecule has 22 heavy (non-hydrogen) atoms. The molecule has 1 unspecified atom stereocenters. The molecule has 0 spiro atoms. The molecular formula is C13H21N5O3S. The average Bonchev–Trinajstić information content (AvgIpc) is 2.87. The van der Waals surface area contributed by atoms with Gasteiger partial charge in [-0.3, -0.25) is 15.1 Å². The first-order valence-corrected chi connectivity index (χ1v) is 8.33. The van der Waals surface area contributed by atoms with Crippen molar-refractivity contribution in [2.24, 2.45) is 5.92 Å². The number of thioether (sulfide) groups is 1. The van der Waals surface area contributed by atoms with Gasteiger partial charge in [0.05, 0.1) is 0 Å². The first kappa shape index (κ1) is 16.8. The number of nitrogens with zero attached hydrogens (tertiary/aromatic N) is 1. The van der Waals surface area contributed by atoms with Gasteiger partial charge >= 0.3 is 0 Å². The number of aromatic nitrogens is 3. The SMILES string of the molecule is CSC[C@@H](CCO)C(O)NCc1c[nH]c2c(=O)[nH]c(N)nc12. The van der Waals surface area contributed by atoms with E-state index in [1.165, 1.54) is 0 Å². The van der Waals surface area contributed by atoms with Crippen LogP contribution in [0.1, 0.15) is 12.0 Å². The molecule has 0 aliphatic rings. The summed E-state index contributed by atoms with van der Waals surface area (Å²) in [6.07, 6.45) is 3.40. The largest absolute Gasteiger partial charge is 0.396 e. The van der Waals surface area contributed by atoms with Gasteiger partial charge in [-0.05, 0) is 18.4 Å². The van der Waals surface area contributed by atoms with Gasteiger partial charge in [0.1, 0.15) is 17.3 Å². The molecule has 0 saturated carbocycles. The lowest BCUT2D eigenvalue weighted by Crippen LogP contribution is -2.37. The van der Waals surface area contributed by atoms with Crippen molar-refractivity contribution in [1.82, 2.24) is 20.3 Å². The van der Waals surface area contributed by atoms with E-state index in [-0.39, 0.29) is 24.0 Å². The first-order chi connectivity index (χ1) is 10.6. The summed E-state index contributed by atoms with van der Waals surface area (Å²) in [6, 6.07) is 0. The van der Waals surface area contributed by atoms with Crippen molar-refractivity contribution in [3.05, 3.63) is 22.1 Å². The van der Waals surface area contributed by atoms with E-state index in [0.29, 0.717) is 24.0 Å². The number of aliphatic hydroxyl groups excluding tert-OH is 2. The standard InChI is InChI=1S/C13H21N5O3S/c1-22-6-7(2-3-19)11(20)16-5-8-4-15-10-9(8)17-13(14)18-12(10)21/h4,7,11,15-16,19-20H,2-3,5-6H2,1H3,(H3,14,17,18,21)/t7-,11?/m1/s1. The molecule has 0 bridgehead atoms. The maximum Gasteiger partial charge on any atom is 0.276 e. The van der Waals surface area contributed by atoms with Crippen LogP contribution in [-0.2, 0) is 6.54 Å². The lowest BCUT2D eigenvalue weighted by molar-refractivity contribution is 0.0694. The van der Waals surface area contributed by atoms with Crippen molar-refractivity contribution in [3.63, 3.8) is 0 Å². The third-order valence-corrected chi connectivity index (χ3v) is 4.22. The zero-order valence-corrected chi connectivity index (χ0v) is 13.1. The monoisotopic (exact) mass is 327 g/mol. The van der Waals surface area contributed by atoms with E-state index < -0.39 is 6.23 Å². The summed E-state index contributed by atoms with van der Waals surface area (Å²) in [5, 5.41) is 22.2. The van der Waals surface area contributed by atoms with E-state index in [0.717, 1.165) is 11.3 Å². The number of fused-ring (bicyclic) bond motifs is 1. The summed E-state index contributed by atoms with van der Waals surface area (Å²) < 4.78 is 0. The summed E-state index contributed by atoms with van der Waals surface area (Å²) in [6.45, 7) is 0.373. The van der Waals surface area contributed by atoms with Gasteiger partial charge in [-0.25, -0.2) is 4.98 Å². The van der Waals surface area contributed by atoms with Crippen molar-refractivity contribution in [2.45, 2.75) is 19.2 Å². The predicted molar refractivity (Wildman–Crippen MR) is 87.5 cm³/mol. The van der Waals surface area contributed by atoms with Crippen LogP contribution in [0.25, 0.3) is 11.0 Å². The fraction of sp³-hybridized carbons (Fsp3) is 0.538. The predicted octanol–water partition coefficient (Wildman–Crippen LogP) is -0.397. The molecule has 9 heteroatoms. The summed E-state index contributed by atoms with van der Waals surface area (Å²) in [5.41, 5.74) is 6.83. The Balaban J connectivity index is 2.09. The van der Waals surface area contributed by atoms with Crippen molar-refractivity contribution < 1.29 is 10.2 Å². The normalized spacial score (nSPS) is 14.3. The van der Waals surface area contributed by atoms with Crippen molar-refractivity contribution in [3.8, 4) is 0 Å². The molecule has 2 atom stereocenters. The zero-order chi connectivity index (χ0) is 16.1. The van der Waals surface area contributed by atoms with Crippen LogP contribution in [0.3, 0.4) is 0 Å². The third-order valence-electron chi connectivity index (χ3n) is 3.46. The van der Waals surface area contributed by atoms with Crippen LogP contribution in [0.15, 0.2) is 11.0 Å². The molecule has 0 fully saturated rings. The third kappa shape index (κ3) is 3.80. The number of aromatic amines is 2. The first-order valence-electron chi connectivity index (χ1n) is 6.93. The molecule has 2 aromatic rings. The van der Waals surface area contributed by atoms with Crippen molar-refractivity contribution in [1.29, 1.82) is 0 Å². The minimum Gasteiger partial charge on any atom is -0.396 e. The fourth-order valence-electron chi connectivity index (χ4n) is 2.31. The Labute approximate surface area is 131 Å². The molecule has 2 rings (SSSR count). The second-order valence-electron chi connectivity index (χ2n) is 5.04. The van der Waals surface area contributed by atoms with E-state index in [1.54, 1.807) is 18.0 Å². The minimum atomic E-state index is -0.746. The number of rotatable bonds is 8. The topological polar surface area (TPSA) is 140 Å². The van der Waals surface area contributed by atoms with Crippen LogP contribution in [0.2, 0.25) is 0 Å². The molecular weight excluding hydrogens is 306 g/mol. The molecule has 0 radical (unpaired) electrons. The highest BCUT2D eigenvalue weighted by molar-refractivity contribution is 7.98. The van der Waals surface area contributed by atoms with E-state index in [9.17, 15) is 9.90 Å². The Bertz CT molecular complexity index is 665. The summed E-state index contributed by atoms with van der Waals surface area (Å²) in [7, 11) is 0. The summed E-state index contributed by atoms with van der Waals surface area (Å²) >= 11 is 1.62.